The van der Waals surface area contributed by atoms with Crippen molar-refractivity contribution in [3.8, 4) is 0 Å². The molecule has 24 heavy (non-hydrogen) atoms. The smallest absolute Gasteiger partial charge is 0.223 e. The molecule has 0 unspecified atom stereocenters. The van der Waals surface area contributed by atoms with E-state index in [-0.39, 0.29) is 5.95 Å². The number of pyridine rings is 1. The molecule has 3 heterocycles. The van der Waals surface area contributed by atoms with E-state index in [1.807, 2.05) is 25.2 Å². The highest BCUT2D eigenvalue weighted by atomic mass is 35.5. The van der Waals surface area contributed by atoms with Gasteiger partial charge in [0.1, 0.15) is 10.5 Å². The van der Waals surface area contributed by atoms with Gasteiger partial charge in [-0.2, -0.15) is 10.1 Å². The summed E-state index contributed by atoms with van der Waals surface area (Å²) in [5.41, 5.74) is 10.9. The van der Waals surface area contributed by atoms with Gasteiger partial charge in [-0.25, -0.2) is 9.67 Å². The van der Waals surface area contributed by atoms with Crippen molar-refractivity contribution in [2.24, 2.45) is 0 Å². The first-order valence-corrected chi connectivity index (χ1v) is 7.96. The van der Waals surface area contributed by atoms with Crippen LogP contribution in [0.2, 0.25) is 5.15 Å². The van der Waals surface area contributed by atoms with Crippen LogP contribution in [0.1, 0.15) is 22.4 Å². The first-order valence-electron chi connectivity index (χ1n) is 7.58. The van der Waals surface area contributed by atoms with Crippen LogP contribution in [0.25, 0.3) is 11.0 Å². The molecule has 0 aliphatic heterocycles. The van der Waals surface area contributed by atoms with E-state index in [1.54, 1.807) is 4.68 Å². The maximum absolute atomic E-state index is 6.28. The Morgan fingerprint density at radius 3 is 2.54 bits per heavy atom. The lowest BCUT2D eigenvalue weighted by Crippen LogP contribution is -2.12. The van der Waals surface area contributed by atoms with Crippen LogP contribution >= 0.6 is 11.6 Å². The van der Waals surface area contributed by atoms with Gasteiger partial charge in [0.15, 0.2) is 11.5 Å². The summed E-state index contributed by atoms with van der Waals surface area (Å²) in [6.07, 6.45) is 1.88. The topological polar surface area (TPSA) is 85.8 Å². The Bertz CT molecular complexity index is 930. The molecule has 8 heteroatoms. The molecule has 3 aromatic rings. The van der Waals surface area contributed by atoms with E-state index in [0.29, 0.717) is 28.5 Å². The van der Waals surface area contributed by atoms with Gasteiger partial charge in [-0.3, -0.25) is 4.98 Å². The van der Waals surface area contributed by atoms with Crippen molar-refractivity contribution in [1.82, 2.24) is 24.7 Å². The Balaban J connectivity index is 2.19. The fourth-order valence-electron chi connectivity index (χ4n) is 2.63. The van der Waals surface area contributed by atoms with Gasteiger partial charge < -0.3 is 10.6 Å². The number of halogens is 1. The molecular formula is C16H20ClN7. The van der Waals surface area contributed by atoms with Crippen molar-refractivity contribution in [3.05, 3.63) is 33.7 Å². The first-order chi connectivity index (χ1) is 11.3. The SMILES string of the molecule is Cc1cnc(Cn2nc(N(C)C)c3c(Cl)nc(N)nc32)c(C)c1C. The van der Waals surface area contributed by atoms with Crippen LogP contribution in [0.3, 0.4) is 0 Å². The van der Waals surface area contributed by atoms with Gasteiger partial charge in [0.2, 0.25) is 5.95 Å². The van der Waals surface area contributed by atoms with Crippen LogP contribution in [0.5, 0.6) is 0 Å². The number of aryl methyl sites for hydroxylation is 1. The zero-order chi connectivity index (χ0) is 17.6. The highest BCUT2D eigenvalue weighted by Gasteiger charge is 2.19. The highest BCUT2D eigenvalue weighted by Crippen LogP contribution is 2.30. The van der Waals surface area contributed by atoms with Crippen LogP contribution in [0.4, 0.5) is 11.8 Å². The molecule has 0 aliphatic rings. The van der Waals surface area contributed by atoms with Gasteiger partial charge in [0.05, 0.1) is 12.2 Å². The third kappa shape index (κ3) is 2.65. The maximum atomic E-state index is 6.28. The summed E-state index contributed by atoms with van der Waals surface area (Å²) in [6.45, 7) is 6.71. The van der Waals surface area contributed by atoms with E-state index in [4.69, 9.17) is 17.3 Å². The summed E-state index contributed by atoms with van der Waals surface area (Å²) in [5.74, 6) is 0.834. The van der Waals surface area contributed by atoms with E-state index >= 15 is 0 Å². The zero-order valence-corrected chi connectivity index (χ0v) is 15.2. The Morgan fingerprint density at radius 1 is 1.17 bits per heavy atom. The molecule has 0 fully saturated rings. The predicted octanol–water partition coefficient (Wildman–Crippen LogP) is 2.50. The van der Waals surface area contributed by atoms with E-state index in [2.05, 4.69) is 40.8 Å². The fourth-order valence-corrected chi connectivity index (χ4v) is 2.89. The number of nitrogen functional groups attached to an aromatic ring is 1. The Labute approximate surface area is 145 Å². The number of fused-ring (bicyclic) bond motifs is 1. The van der Waals surface area contributed by atoms with Crippen LogP contribution in [-0.2, 0) is 6.54 Å². The van der Waals surface area contributed by atoms with E-state index < -0.39 is 0 Å². The molecule has 126 valence electrons. The normalized spacial score (nSPS) is 11.2. The molecule has 0 amide bonds. The summed E-state index contributed by atoms with van der Waals surface area (Å²) < 4.78 is 1.78. The molecule has 0 aromatic carbocycles. The number of rotatable bonds is 3. The Hall–Kier alpha value is -2.41. The molecule has 7 nitrogen and oxygen atoms in total. The monoisotopic (exact) mass is 345 g/mol. The summed E-state index contributed by atoms with van der Waals surface area (Å²) in [6, 6.07) is 0. The van der Waals surface area contributed by atoms with Gasteiger partial charge in [0.25, 0.3) is 0 Å². The van der Waals surface area contributed by atoms with Gasteiger partial charge in [-0.1, -0.05) is 11.6 Å². The number of hydrogen-bond donors (Lipinski definition) is 1. The van der Waals surface area contributed by atoms with Crippen molar-refractivity contribution < 1.29 is 0 Å². The van der Waals surface area contributed by atoms with Gasteiger partial charge in [-0.15, -0.1) is 0 Å². The number of anilines is 2. The van der Waals surface area contributed by atoms with E-state index in [1.165, 1.54) is 11.1 Å². The summed E-state index contributed by atoms with van der Waals surface area (Å²) in [7, 11) is 3.80. The van der Waals surface area contributed by atoms with Crippen LogP contribution in [0, 0.1) is 20.8 Å². The molecule has 0 atom stereocenters. The van der Waals surface area contributed by atoms with Crippen molar-refractivity contribution in [3.63, 3.8) is 0 Å². The van der Waals surface area contributed by atoms with Gasteiger partial charge in [0, 0.05) is 20.3 Å². The van der Waals surface area contributed by atoms with Crippen LogP contribution in [0.15, 0.2) is 6.20 Å². The van der Waals surface area contributed by atoms with E-state index in [0.717, 1.165) is 11.3 Å². The quantitative estimate of drug-likeness (QED) is 0.734. The molecule has 0 saturated heterocycles. The molecule has 0 bridgehead atoms. The molecule has 3 aromatic heterocycles. The summed E-state index contributed by atoms with van der Waals surface area (Å²) in [4.78, 5) is 14.8. The van der Waals surface area contributed by atoms with Crippen molar-refractivity contribution in [2.75, 3.05) is 24.7 Å². The Morgan fingerprint density at radius 2 is 1.88 bits per heavy atom. The van der Waals surface area contributed by atoms with Crippen molar-refractivity contribution in [1.29, 1.82) is 0 Å². The molecule has 0 radical (unpaired) electrons. The minimum absolute atomic E-state index is 0.128. The fraction of sp³-hybridized carbons (Fsp3) is 0.375. The second-order valence-corrected chi connectivity index (χ2v) is 6.44. The van der Waals surface area contributed by atoms with Gasteiger partial charge in [-0.05, 0) is 37.5 Å². The van der Waals surface area contributed by atoms with Crippen molar-refractivity contribution in [2.45, 2.75) is 27.3 Å². The zero-order valence-electron chi connectivity index (χ0n) is 14.4. The number of nitrogens with zero attached hydrogens (tertiary/aromatic N) is 6. The second kappa shape index (κ2) is 5.90. The lowest BCUT2D eigenvalue weighted by atomic mass is 10.1. The standard InChI is InChI=1S/C16H20ClN7/c1-8-6-19-11(10(3)9(8)2)7-24-14-12(15(22-24)23(4)5)13(17)20-16(18)21-14/h6H,7H2,1-5H3,(H2,18,20,21). The minimum Gasteiger partial charge on any atom is -0.368 e. The molecule has 2 N–H and O–H groups in total. The maximum Gasteiger partial charge on any atom is 0.223 e. The third-order valence-electron chi connectivity index (χ3n) is 4.27. The number of hydrogen-bond acceptors (Lipinski definition) is 6. The average molecular weight is 346 g/mol. The van der Waals surface area contributed by atoms with Gasteiger partial charge >= 0.3 is 0 Å². The molecular weight excluding hydrogens is 326 g/mol. The van der Waals surface area contributed by atoms with Crippen LogP contribution < -0.4 is 10.6 Å². The summed E-state index contributed by atoms with van der Waals surface area (Å²) in [5, 5.41) is 5.63. The Kier molecular flexibility index (Phi) is 4.04. The lowest BCUT2D eigenvalue weighted by molar-refractivity contribution is 0.682. The largest absolute Gasteiger partial charge is 0.368 e. The summed E-state index contributed by atoms with van der Waals surface area (Å²) >= 11 is 6.28. The lowest BCUT2D eigenvalue weighted by Gasteiger charge is -2.11. The second-order valence-electron chi connectivity index (χ2n) is 6.08. The first kappa shape index (κ1) is 16.4. The van der Waals surface area contributed by atoms with E-state index in [9.17, 15) is 0 Å². The highest BCUT2D eigenvalue weighted by molar-refractivity contribution is 6.35. The number of nitrogens with two attached hydrogens (primary N) is 1. The number of aromatic nitrogens is 5. The minimum atomic E-state index is 0.128. The van der Waals surface area contributed by atoms with Crippen LogP contribution in [-0.4, -0.2) is 38.8 Å². The molecule has 0 spiro atoms. The molecule has 0 saturated carbocycles. The molecule has 0 aliphatic carbocycles. The third-order valence-corrected chi connectivity index (χ3v) is 4.54. The molecule has 3 rings (SSSR count). The average Bonchev–Trinajstić information content (AvgIpc) is 2.87. The van der Waals surface area contributed by atoms with Crippen molar-refractivity contribution >= 4 is 34.4 Å². The predicted molar refractivity (Wildman–Crippen MR) is 96.6 cm³/mol.